The van der Waals surface area contributed by atoms with Gasteiger partial charge in [0.2, 0.25) is 5.91 Å². The summed E-state index contributed by atoms with van der Waals surface area (Å²) in [4.78, 5) is 25.1. The van der Waals surface area contributed by atoms with Gasteiger partial charge in [-0.2, -0.15) is 0 Å². The van der Waals surface area contributed by atoms with E-state index in [2.05, 4.69) is 5.32 Å². The quantitative estimate of drug-likeness (QED) is 0.871. The van der Waals surface area contributed by atoms with E-state index in [1.807, 2.05) is 13.8 Å². The van der Waals surface area contributed by atoms with Crippen molar-refractivity contribution in [1.82, 2.24) is 0 Å². The Bertz CT molecular complexity index is 517. The molecular weight excluding hydrogens is 278 g/mol. The lowest BCUT2D eigenvalue weighted by atomic mass is 9.99. The second-order valence-electron chi connectivity index (χ2n) is 4.85. The number of rotatable bonds is 3. The van der Waals surface area contributed by atoms with Crippen molar-refractivity contribution in [2.75, 3.05) is 25.6 Å². The Hall–Kier alpha value is -1.40. The second-order valence-corrected chi connectivity index (χ2v) is 6.08. The summed E-state index contributed by atoms with van der Waals surface area (Å²) in [6, 6.07) is 0. The highest BCUT2D eigenvalue weighted by Gasteiger charge is 2.26. The number of nitrogens with one attached hydrogen (secondary N) is 1. The molecule has 1 aliphatic rings. The van der Waals surface area contributed by atoms with E-state index in [0.717, 1.165) is 23.3 Å². The Morgan fingerprint density at radius 3 is 2.55 bits per heavy atom. The van der Waals surface area contributed by atoms with Crippen LogP contribution in [0.1, 0.15) is 33.6 Å². The molecule has 1 N–H and O–H groups in total. The highest BCUT2D eigenvalue weighted by Crippen LogP contribution is 2.33. The molecule has 0 saturated carbocycles. The van der Waals surface area contributed by atoms with Gasteiger partial charge in [0.15, 0.2) is 0 Å². The lowest BCUT2D eigenvalue weighted by Gasteiger charge is -2.21. The van der Waals surface area contributed by atoms with Gasteiger partial charge < -0.3 is 14.8 Å². The van der Waals surface area contributed by atoms with E-state index in [4.69, 9.17) is 9.47 Å². The molecule has 1 fully saturated rings. The Morgan fingerprint density at radius 2 is 1.95 bits per heavy atom. The molecule has 1 aromatic heterocycles. The van der Waals surface area contributed by atoms with Gasteiger partial charge in [0.1, 0.15) is 5.00 Å². The number of thiophene rings is 1. The summed E-state index contributed by atoms with van der Waals surface area (Å²) in [6.07, 6.45) is 1.45. The smallest absolute Gasteiger partial charge is 0.341 e. The summed E-state index contributed by atoms with van der Waals surface area (Å²) in [7, 11) is 1.35. The molecule has 1 aromatic rings. The fraction of sp³-hybridized carbons (Fsp3) is 0.571. The molecule has 20 heavy (non-hydrogen) atoms. The first-order chi connectivity index (χ1) is 9.54. The number of esters is 1. The first-order valence-corrected chi connectivity index (χ1v) is 7.43. The summed E-state index contributed by atoms with van der Waals surface area (Å²) in [5.41, 5.74) is 1.33. The van der Waals surface area contributed by atoms with Crippen LogP contribution in [0, 0.1) is 19.8 Å². The van der Waals surface area contributed by atoms with Gasteiger partial charge in [0, 0.05) is 24.0 Å². The van der Waals surface area contributed by atoms with Crippen molar-refractivity contribution in [3.63, 3.8) is 0 Å². The lowest BCUT2D eigenvalue weighted by Crippen LogP contribution is -2.28. The number of carbonyl (C=O) groups is 2. The minimum Gasteiger partial charge on any atom is -0.465 e. The summed E-state index contributed by atoms with van der Waals surface area (Å²) >= 11 is 1.41. The van der Waals surface area contributed by atoms with Crippen molar-refractivity contribution in [3.8, 4) is 0 Å². The topological polar surface area (TPSA) is 64.6 Å². The maximum Gasteiger partial charge on any atom is 0.341 e. The minimum absolute atomic E-state index is 0.0419. The molecule has 1 saturated heterocycles. The van der Waals surface area contributed by atoms with E-state index < -0.39 is 5.97 Å². The van der Waals surface area contributed by atoms with Gasteiger partial charge in [-0.25, -0.2) is 4.79 Å². The molecule has 2 rings (SSSR count). The monoisotopic (exact) mass is 297 g/mol. The third kappa shape index (κ3) is 3.02. The van der Waals surface area contributed by atoms with Crippen molar-refractivity contribution >= 4 is 28.2 Å². The predicted octanol–water partition coefficient (Wildman–Crippen LogP) is 2.52. The molecule has 0 radical (unpaired) electrons. The SMILES string of the molecule is COC(=O)c1c(NC(=O)C2CCOCC2)sc(C)c1C. The van der Waals surface area contributed by atoms with Crippen molar-refractivity contribution in [2.45, 2.75) is 26.7 Å². The van der Waals surface area contributed by atoms with E-state index in [9.17, 15) is 9.59 Å². The summed E-state index contributed by atoms with van der Waals surface area (Å²) in [6.45, 7) is 5.02. The van der Waals surface area contributed by atoms with Crippen molar-refractivity contribution in [3.05, 3.63) is 16.0 Å². The van der Waals surface area contributed by atoms with Crippen molar-refractivity contribution in [2.24, 2.45) is 5.92 Å². The molecule has 1 amide bonds. The average molecular weight is 297 g/mol. The van der Waals surface area contributed by atoms with Crippen LogP contribution in [0.15, 0.2) is 0 Å². The van der Waals surface area contributed by atoms with Crippen LogP contribution >= 0.6 is 11.3 Å². The van der Waals surface area contributed by atoms with Gasteiger partial charge in [-0.05, 0) is 32.3 Å². The molecule has 0 aromatic carbocycles. The number of hydrogen-bond acceptors (Lipinski definition) is 5. The first-order valence-electron chi connectivity index (χ1n) is 6.61. The zero-order valence-corrected chi connectivity index (χ0v) is 12.8. The Balaban J connectivity index is 2.18. The average Bonchev–Trinajstić information content (AvgIpc) is 2.74. The largest absolute Gasteiger partial charge is 0.465 e. The third-order valence-corrected chi connectivity index (χ3v) is 4.73. The Kier molecular flexibility index (Phi) is 4.77. The first kappa shape index (κ1) is 15.0. The molecule has 1 aliphatic heterocycles. The van der Waals surface area contributed by atoms with Gasteiger partial charge in [-0.15, -0.1) is 11.3 Å². The highest BCUT2D eigenvalue weighted by molar-refractivity contribution is 7.16. The number of amides is 1. The zero-order chi connectivity index (χ0) is 14.7. The number of ether oxygens (including phenoxy) is 2. The summed E-state index contributed by atoms with van der Waals surface area (Å²) in [5, 5.41) is 3.47. The molecule has 5 nitrogen and oxygen atoms in total. The molecule has 6 heteroatoms. The van der Waals surface area contributed by atoms with Crippen LogP contribution in [0.4, 0.5) is 5.00 Å². The van der Waals surface area contributed by atoms with Crippen LogP contribution in [0.25, 0.3) is 0 Å². The van der Waals surface area contributed by atoms with E-state index >= 15 is 0 Å². The van der Waals surface area contributed by atoms with Crippen LogP contribution < -0.4 is 5.32 Å². The van der Waals surface area contributed by atoms with Gasteiger partial charge in [0.25, 0.3) is 0 Å². The lowest BCUT2D eigenvalue weighted by molar-refractivity contribution is -0.122. The third-order valence-electron chi connectivity index (χ3n) is 3.60. The van der Waals surface area contributed by atoms with Gasteiger partial charge in [-0.3, -0.25) is 4.79 Å². The number of methoxy groups -OCH3 is 1. The Labute approximate surface area is 122 Å². The normalized spacial score (nSPS) is 15.9. The van der Waals surface area contributed by atoms with Crippen molar-refractivity contribution in [1.29, 1.82) is 0 Å². The molecule has 0 bridgehead atoms. The molecule has 110 valence electrons. The molecule has 0 unspecified atom stereocenters. The fourth-order valence-corrected chi connectivity index (χ4v) is 3.29. The maximum absolute atomic E-state index is 12.2. The summed E-state index contributed by atoms with van der Waals surface area (Å²) in [5.74, 6) is -0.495. The molecule has 0 aliphatic carbocycles. The Morgan fingerprint density at radius 1 is 1.30 bits per heavy atom. The van der Waals surface area contributed by atoms with E-state index in [1.165, 1.54) is 18.4 Å². The van der Waals surface area contributed by atoms with Gasteiger partial charge >= 0.3 is 5.97 Å². The van der Waals surface area contributed by atoms with E-state index in [0.29, 0.717) is 23.8 Å². The van der Waals surface area contributed by atoms with Crippen molar-refractivity contribution < 1.29 is 19.1 Å². The maximum atomic E-state index is 12.2. The number of carbonyl (C=O) groups excluding carboxylic acids is 2. The number of anilines is 1. The summed E-state index contributed by atoms with van der Waals surface area (Å²) < 4.78 is 10.0. The van der Waals surface area contributed by atoms with Gasteiger partial charge in [-0.1, -0.05) is 0 Å². The molecule has 0 spiro atoms. The molecule has 0 atom stereocenters. The van der Waals surface area contributed by atoms with E-state index in [-0.39, 0.29) is 11.8 Å². The van der Waals surface area contributed by atoms with Crippen LogP contribution in [0.3, 0.4) is 0 Å². The number of aryl methyl sites for hydroxylation is 1. The predicted molar refractivity (Wildman–Crippen MR) is 77.3 cm³/mol. The zero-order valence-electron chi connectivity index (χ0n) is 11.9. The highest BCUT2D eigenvalue weighted by atomic mass is 32.1. The number of hydrogen-bond donors (Lipinski definition) is 1. The van der Waals surface area contributed by atoms with Crippen LogP contribution in [0.5, 0.6) is 0 Å². The fourth-order valence-electron chi connectivity index (χ4n) is 2.24. The van der Waals surface area contributed by atoms with Crippen LogP contribution in [-0.2, 0) is 14.3 Å². The standard InChI is InChI=1S/C14H19NO4S/c1-8-9(2)20-13(11(8)14(17)18-3)15-12(16)10-4-6-19-7-5-10/h10H,4-7H2,1-3H3,(H,15,16). The molecular formula is C14H19NO4S. The van der Waals surface area contributed by atoms with Crippen LogP contribution in [0.2, 0.25) is 0 Å². The minimum atomic E-state index is -0.408. The van der Waals surface area contributed by atoms with Gasteiger partial charge in [0.05, 0.1) is 12.7 Å². The van der Waals surface area contributed by atoms with E-state index in [1.54, 1.807) is 0 Å². The molecule has 2 heterocycles. The second kappa shape index (κ2) is 6.37. The van der Waals surface area contributed by atoms with Crippen LogP contribution in [-0.4, -0.2) is 32.2 Å².